The molecule has 0 amide bonds. The van der Waals surface area contributed by atoms with Crippen LogP contribution in [0, 0.1) is 5.92 Å². The van der Waals surface area contributed by atoms with Crippen LogP contribution in [0.15, 0.2) is 0 Å². The summed E-state index contributed by atoms with van der Waals surface area (Å²) in [6, 6.07) is 0.203. The lowest BCUT2D eigenvalue weighted by atomic mass is 10.1. The van der Waals surface area contributed by atoms with Gasteiger partial charge in [-0.1, -0.05) is 6.42 Å². The number of morpholine rings is 1. The Kier molecular flexibility index (Phi) is 4.35. The minimum absolute atomic E-state index is 0.189. The van der Waals surface area contributed by atoms with Crippen LogP contribution in [0.2, 0.25) is 0 Å². The van der Waals surface area contributed by atoms with E-state index < -0.39 is 0 Å². The van der Waals surface area contributed by atoms with Gasteiger partial charge in [-0.15, -0.1) is 0 Å². The number of nitrogens with zero attached hydrogens (tertiary/aromatic N) is 4. The first-order valence-electron chi connectivity index (χ1n) is 7.48. The molecule has 21 heavy (non-hydrogen) atoms. The molecule has 0 spiro atoms. The maximum Gasteiger partial charge on any atom is 0.232 e. The van der Waals surface area contributed by atoms with E-state index >= 15 is 0 Å². The van der Waals surface area contributed by atoms with Gasteiger partial charge in [0.25, 0.3) is 0 Å². The Morgan fingerprint density at radius 3 is 2.81 bits per heavy atom. The highest BCUT2D eigenvalue weighted by atomic mass is 16.5. The highest BCUT2D eigenvalue weighted by Gasteiger charge is 2.27. The Morgan fingerprint density at radius 2 is 2.05 bits per heavy atom. The number of aliphatic hydroxyl groups excluding tert-OH is 1. The molecule has 0 radical (unpaired) electrons. The van der Waals surface area contributed by atoms with Crippen molar-refractivity contribution >= 4 is 17.8 Å². The Labute approximate surface area is 123 Å². The van der Waals surface area contributed by atoms with Crippen LogP contribution in [-0.2, 0) is 4.74 Å². The summed E-state index contributed by atoms with van der Waals surface area (Å²) >= 11 is 0. The lowest BCUT2D eigenvalue weighted by Gasteiger charge is -2.27. The zero-order valence-corrected chi connectivity index (χ0v) is 12.0. The number of nitrogen functional groups attached to an aromatic ring is 1. The van der Waals surface area contributed by atoms with E-state index in [2.05, 4.69) is 20.3 Å². The largest absolute Gasteiger partial charge is 0.396 e. The first-order valence-corrected chi connectivity index (χ1v) is 7.48. The molecule has 116 valence electrons. The molecule has 1 saturated heterocycles. The second-order valence-corrected chi connectivity index (χ2v) is 5.54. The highest BCUT2D eigenvalue weighted by Crippen LogP contribution is 2.27. The zero-order valence-electron chi connectivity index (χ0n) is 12.0. The average Bonchev–Trinajstić information content (AvgIpc) is 2.95. The van der Waals surface area contributed by atoms with Gasteiger partial charge in [-0.25, -0.2) is 0 Å². The molecule has 1 aromatic heterocycles. The van der Waals surface area contributed by atoms with Crippen LogP contribution in [0.5, 0.6) is 0 Å². The standard InChI is InChI=1S/C13H22N6O2/c14-11-16-12(15-10-3-1-2-9(10)8-20)18-13(17-11)19-4-6-21-7-5-19/h9-10,20H,1-8H2,(H3,14,15,16,17,18). The minimum Gasteiger partial charge on any atom is -0.396 e. The van der Waals surface area contributed by atoms with E-state index in [0.29, 0.717) is 25.1 Å². The second kappa shape index (κ2) is 6.40. The smallest absolute Gasteiger partial charge is 0.232 e. The molecule has 1 saturated carbocycles. The van der Waals surface area contributed by atoms with Crippen molar-refractivity contribution in [3.8, 4) is 0 Å². The highest BCUT2D eigenvalue weighted by molar-refractivity contribution is 5.42. The number of ether oxygens (including phenoxy) is 1. The molecule has 4 N–H and O–H groups in total. The third-order valence-electron chi connectivity index (χ3n) is 4.14. The average molecular weight is 294 g/mol. The van der Waals surface area contributed by atoms with Crippen LogP contribution in [0.4, 0.5) is 17.8 Å². The first-order chi connectivity index (χ1) is 10.3. The van der Waals surface area contributed by atoms with Gasteiger partial charge in [0.2, 0.25) is 17.8 Å². The predicted octanol–water partition coefficient (Wildman–Crippen LogP) is -0.137. The number of aliphatic hydroxyl groups is 1. The molecule has 2 atom stereocenters. The molecule has 1 aromatic rings. The van der Waals surface area contributed by atoms with Crippen molar-refractivity contribution in [2.24, 2.45) is 5.92 Å². The topological polar surface area (TPSA) is 109 Å². The van der Waals surface area contributed by atoms with Gasteiger partial charge in [0, 0.05) is 31.7 Å². The Morgan fingerprint density at radius 1 is 1.24 bits per heavy atom. The van der Waals surface area contributed by atoms with E-state index in [9.17, 15) is 5.11 Å². The molecule has 1 aliphatic heterocycles. The van der Waals surface area contributed by atoms with Gasteiger partial charge >= 0.3 is 0 Å². The molecule has 1 aliphatic carbocycles. The number of hydrogen-bond donors (Lipinski definition) is 3. The van der Waals surface area contributed by atoms with E-state index in [1.807, 2.05) is 4.90 Å². The van der Waals surface area contributed by atoms with Gasteiger partial charge in [-0.3, -0.25) is 0 Å². The summed E-state index contributed by atoms with van der Waals surface area (Å²) < 4.78 is 5.33. The number of nitrogens with one attached hydrogen (secondary N) is 1. The van der Waals surface area contributed by atoms with Crippen LogP contribution in [0.3, 0.4) is 0 Å². The quantitative estimate of drug-likeness (QED) is 0.704. The molecule has 0 aromatic carbocycles. The molecular weight excluding hydrogens is 272 g/mol. The summed E-state index contributed by atoms with van der Waals surface area (Å²) in [4.78, 5) is 14.9. The SMILES string of the molecule is Nc1nc(NC2CCCC2CO)nc(N2CCOCC2)n1. The van der Waals surface area contributed by atoms with Crippen LogP contribution in [-0.4, -0.2) is 59.0 Å². The van der Waals surface area contributed by atoms with Crippen molar-refractivity contribution in [2.45, 2.75) is 25.3 Å². The number of hydrogen-bond acceptors (Lipinski definition) is 8. The normalized spacial score (nSPS) is 26.0. The fourth-order valence-corrected chi connectivity index (χ4v) is 2.96. The third-order valence-corrected chi connectivity index (χ3v) is 4.14. The van der Waals surface area contributed by atoms with E-state index in [4.69, 9.17) is 10.5 Å². The van der Waals surface area contributed by atoms with Crippen LogP contribution < -0.4 is 16.0 Å². The van der Waals surface area contributed by atoms with Gasteiger partial charge in [0.05, 0.1) is 13.2 Å². The molecular formula is C13H22N6O2. The monoisotopic (exact) mass is 294 g/mol. The molecule has 2 heterocycles. The van der Waals surface area contributed by atoms with Gasteiger partial charge in [-0.2, -0.15) is 15.0 Å². The van der Waals surface area contributed by atoms with Crippen molar-refractivity contribution in [3.05, 3.63) is 0 Å². The van der Waals surface area contributed by atoms with Crippen molar-refractivity contribution in [2.75, 3.05) is 48.9 Å². The molecule has 2 aliphatic rings. The zero-order chi connectivity index (χ0) is 14.7. The summed E-state index contributed by atoms with van der Waals surface area (Å²) in [5.74, 6) is 1.56. The number of anilines is 3. The third kappa shape index (κ3) is 3.33. The first kappa shape index (κ1) is 14.3. The summed E-state index contributed by atoms with van der Waals surface area (Å²) in [5, 5.41) is 12.7. The number of nitrogens with two attached hydrogens (primary N) is 1. The maximum atomic E-state index is 9.39. The molecule has 2 fully saturated rings. The van der Waals surface area contributed by atoms with Gasteiger partial charge in [0.15, 0.2) is 0 Å². The van der Waals surface area contributed by atoms with Crippen molar-refractivity contribution in [1.82, 2.24) is 15.0 Å². The minimum atomic E-state index is 0.189. The van der Waals surface area contributed by atoms with E-state index in [1.165, 1.54) is 0 Å². The fraction of sp³-hybridized carbons (Fsp3) is 0.769. The maximum absolute atomic E-state index is 9.39. The second-order valence-electron chi connectivity index (χ2n) is 5.54. The molecule has 3 rings (SSSR count). The molecule has 0 bridgehead atoms. The number of rotatable bonds is 4. The van der Waals surface area contributed by atoms with E-state index in [-0.39, 0.29) is 24.5 Å². The van der Waals surface area contributed by atoms with E-state index in [0.717, 1.165) is 32.4 Å². The Bertz CT molecular complexity index is 480. The lowest BCUT2D eigenvalue weighted by molar-refractivity contribution is 0.122. The van der Waals surface area contributed by atoms with Crippen molar-refractivity contribution in [1.29, 1.82) is 0 Å². The van der Waals surface area contributed by atoms with Crippen LogP contribution >= 0.6 is 0 Å². The molecule has 8 heteroatoms. The lowest BCUT2D eigenvalue weighted by Crippen LogP contribution is -2.38. The molecule has 8 nitrogen and oxygen atoms in total. The van der Waals surface area contributed by atoms with Crippen LogP contribution in [0.1, 0.15) is 19.3 Å². The van der Waals surface area contributed by atoms with E-state index in [1.54, 1.807) is 0 Å². The Balaban J connectivity index is 1.74. The predicted molar refractivity (Wildman–Crippen MR) is 79.1 cm³/mol. The van der Waals surface area contributed by atoms with Gasteiger partial charge in [0.1, 0.15) is 0 Å². The fourth-order valence-electron chi connectivity index (χ4n) is 2.96. The summed E-state index contributed by atoms with van der Waals surface area (Å²) in [6.45, 7) is 3.04. The summed E-state index contributed by atoms with van der Waals surface area (Å²) in [6.07, 6.45) is 3.16. The van der Waals surface area contributed by atoms with Gasteiger partial charge in [-0.05, 0) is 12.8 Å². The summed E-state index contributed by atoms with van der Waals surface area (Å²) in [7, 11) is 0. The van der Waals surface area contributed by atoms with Crippen molar-refractivity contribution in [3.63, 3.8) is 0 Å². The van der Waals surface area contributed by atoms with Crippen molar-refractivity contribution < 1.29 is 9.84 Å². The number of aromatic nitrogens is 3. The van der Waals surface area contributed by atoms with Crippen LogP contribution in [0.25, 0.3) is 0 Å². The summed E-state index contributed by atoms with van der Waals surface area (Å²) in [5.41, 5.74) is 5.80. The Hall–Kier alpha value is -1.67. The van der Waals surface area contributed by atoms with Gasteiger partial charge < -0.3 is 25.8 Å². The molecule has 2 unspecified atom stereocenters.